The molecule has 0 bridgehead atoms. The van der Waals surface area contributed by atoms with Crippen molar-refractivity contribution < 1.29 is 0 Å². The number of hydrogen-bond acceptors (Lipinski definition) is 4. The second-order valence-corrected chi connectivity index (χ2v) is 3.57. The van der Waals surface area contributed by atoms with Crippen molar-refractivity contribution in [1.82, 2.24) is 10.2 Å². The van der Waals surface area contributed by atoms with Gasteiger partial charge in [-0.1, -0.05) is 23.5 Å². The smallest absolute Gasteiger partial charge is 0.209 e. The van der Waals surface area contributed by atoms with Gasteiger partial charge >= 0.3 is 0 Å². The van der Waals surface area contributed by atoms with E-state index in [-0.39, 0.29) is 0 Å². The highest BCUT2D eigenvalue weighted by molar-refractivity contribution is 7.13. The van der Waals surface area contributed by atoms with Gasteiger partial charge in [0, 0.05) is 5.69 Å². The van der Waals surface area contributed by atoms with E-state index < -0.39 is 0 Å². The molecule has 0 aliphatic carbocycles. The lowest BCUT2D eigenvalue weighted by atomic mass is 10.2. The van der Waals surface area contributed by atoms with E-state index in [1.807, 2.05) is 12.1 Å². The Balaban J connectivity index is 2.19. The van der Waals surface area contributed by atoms with Gasteiger partial charge in [-0.05, 0) is 24.6 Å². The molecule has 2 aromatic rings. The van der Waals surface area contributed by atoms with Crippen molar-refractivity contribution in [3.05, 3.63) is 35.3 Å². The first-order chi connectivity index (χ1) is 6.34. The van der Waals surface area contributed by atoms with Crippen LogP contribution in [0.4, 0.5) is 10.8 Å². The number of rotatable bonds is 2. The molecule has 3 nitrogen and oxygen atoms in total. The minimum absolute atomic E-state index is 0.825. The van der Waals surface area contributed by atoms with Crippen molar-refractivity contribution >= 4 is 22.2 Å². The molecule has 13 heavy (non-hydrogen) atoms. The SMILES string of the molecule is Cc1cccc(Nc2nncs2)c1. The van der Waals surface area contributed by atoms with Crippen LogP contribution in [-0.2, 0) is 0 Å². The lowest BCUT2D eigenvalue weighted by molar-refractivity contribution is 1.09. The molecular weight excluding hydrogens is 182 g/mol. The summed E-state index contributed by atoms with van der Waals surface area (Å²) in [5.74, 6) is 0. The summed E-state index contributed by atoms with van der Waals surface area (Å²) >= 11 is 1.49. The average molecular weight is 191 g/mol. The largest absolute Gasteiger partial charge is 0.330 e. The van der Waals surface area contributed by atoms with E-state index in [1.54, 1.807) is 5.51 Å². The second kappa shape index (κ2) is 3.53. The molecular formula is C9H9N3S. The Morgan fingerprint density at radius 1 is 1.38 bits per heavy atom. The van der Waals surface area contributed by atoms with Crippen LogP contribution in [0, 0.1) is 6.92 Å². The monoisotopic (exact) mass is 191 g/mol. The molecule has 0 aliphatic rings. The number of aryl methyl sites for hydroxylation is 1. The molecule has 2 rings (SSSR count). The summed E-state index contributed by atoms with van der Waals surface area (Å²) in [6.45, 7) is 2.06. The standard InChI is InChI=1S/C9H9N3S/c1-7-3-2-4-8(5-7)11-9-12-10-6-13-9/h2-6H,1H3,(H,11,12). The van der Waals surface area contributed by atoms with E-state index in [4.69, 9.17) is 0 Å². The first-order valence-electron chi connectivity index (χ1n) is 3.94. The third-order valence-electron chi connectivity index (χ3n) is 1.63. The molecule has 0 unspecified atom stereocenters. The zero-order chi connectivity index (χ0) is 9.10. The van der Waals surface area contributed by atoms with Crippen LogP contribution >= 0.6 is 11.3 Å². The summed E-state index contributed by atoms with van der Waals surface area (Å²) in [4.78, 5) is 0. The minimum atomic E-state index is 0.825. The number of aromatic nitrogens is 2. The lowest BCUT2D eigenvalue weighted by Crippen LogP contribution is -1.89. The van der Waals surface area contributed by atoms with Crippen LogP contribution in [-0.4, -0.2) is 10.2 Å². The number of hydrogen-bond donors (Lipinski definition) is 1. The first kappa shape index (κ1) is 8.19. The molecule has 0 aliphatic heterocycles. The Kier molecular flexibility index (Phi) is 2.23. The lowest BCUT2D eigenvalue weighted by Gasteiger charge is -2.01. The summed E-state index contributed by atoms with van der Waals surface area (Å²) in [5.41, 5.74) is 3.99. The molecule has 66 valence electrons. The molecule has 0 amide bonds. The van der Waals surface area contributed by atoms with Crippen LogP contribution < -0.4 is 5.32 Å². The summed E-state index contributed by atoms with van der Waals surface area (Å²) in [6, 6.07) is 8.15. The van der Waals surface area contributed by atoms with Crippen LogP contribution in [0.5, 0.6) is 0 Å². The third kappa shape index (κ3) is 2.03. The maximum absolute atomic E-state index is 3.90. The van der Waals surface area contributed by atoms with Gasteiger partial charge in [-0.25, -0.2) is 0 Å². The average Bonchev–Trinajstić information content (AvgIpc) is 2.57. The summed E-state index contributed by atoms with van der Waals surface area (Å²) in [7, 11) is 0. The van der Waals surface area contributed by atoms with Crippen molar-refractivity contribution in [1.29, 1.82) is 0 Å². The van der Waals surface area contributed by atoms with Gasteiger partial charge in [-0.2, -0.15) is 0 Å². The van der Waals surface area contributed by atoms with Gasteiger partial charge in [0.15, 0.2) is 0 Å². The molecule has 0 radical (unpaired) electrons. The Morgan fingerprint density at radius 3 is 3.00 bits per heavy atom. The van der Waals surface area contributed by atoms with Crippen molar-refractivity contribution in [2.24, 2.45) is 0 Å². The van der Waals surface area contributed by atoms with Crippen molar-refractivity contribution in [3.63, 3.8) is 0 Å². The van der Waals surface area contributed by atoms with E-state index in [2.05, 4.69) is 34.6 Å². The highest BCUT2D eigenvalue weighted by Crippen LogP contribution is 2.17. The zero-order valence-electron chi connectivity index (χ0n) is 7.19. The fraction of sp³-hybridized carbons (Fsp3) is 0.111. The molecule has 0 saturated heterocycles. The summed E-state index contributed by atoms with van der Waals surface area (Å²) in [5, 5.41) is 11.6. The Hall–Kier alpha value is -1.42. The van der Waals surface area contributed by atoms with Crippen LogP contribution in [0.15, 0.2) is 29.8 Å². The number of nitrogens with zero attached hydrogens (tertiary/aromatic N) is 2. The van der Waals surface area contributed by atoms with Crippen LogP contribution in [0.1, 0.15) is 5.56 Å². The topological polar surface area (TPSA) is 37.8 Å². The van der Waals surface area contributed by atoms with Gasteiger partial charge in [0.05, 0.1) is 0 Å². The highest BCUT2D eigenvalue weighted by atomic mass is 32.1. The molecule has 0 saturated carbocycles. The van der Waals surface area contributed by atoms with Gasteiger partial charge in [0.25, 0.3) is 0 Å². The molecule has 4 heteroatoms. The maximum Gasteiger partial charge on any atom is 0.209 e. The minimum Gasteiger partial charge on any atom is -0.330 e. The molecule has 0 spiro atoms. The number of anilines is 2. The van der Waals surface area contributed by atoms with E-state index in [9.17, 15) is 0 Å². The van der Waals surface area contributed by atoms with Gasteiger partial charge in [-0.15, -0.1) is 10.2 Å². The first-order valence-corrected chi connectivity index (χ1v) is 4.82. The van der Waals surface area contributed by atoms with Crippen LogP contribution in [0.3, 0.4) is 0 Å². The predicted molar refractivity (Wildman–Crippen MR) is 54.4 cm³/mol. The highest BCUT2D eigenvalue weighted by Gasteiger charge is 1.96. The predicted octanol–water partition coefficient (Wildman–Crippen LogP) is 2.59. The number of benzene rings is 1. The fourth-order valence-corrected chi connectivity index (χ4v) is 1.54. The van der Waals surface area contributed by atoms with Crippen LogP contribution in [0.2, 0.25) is 0 Å². The quantitative estimate of drug-likeness (QED) is 0.792. The molecule has 0 atom stereocenters. The van der Waals surface area contributed by atoms with Gasteiger partial charge in [0.1, 0.15) is 5.51 Å². The zero-order valence-corrected chi connectivity index (χ0v) is 8.01. The molecule has 1 N–H and O–H groups in total. The maximum atomic E-state index is 3.90. The van der Waals surface area contributed by atoms with Gasteiger partial charge < -0.3 is 5.32 Å². The van der Waals surface area contributed by atoms with Crippen molar-refractivity contribution in [2.75, 3.05) is 5.32 Å². The van der Waals surface area contributed by atoms with E-state index in [1.165, 1.54) is 16.9 Å². The summed E-state index contributed by atoms with van der Waals surface area (Å²) < 4.78 is 0. The van der Waals surface area contributed by atoms with Gasteiger partial charge in [-0.3, -0.25) is 0 Å². The van der Waals surface area contributed by atoms with Crippen molar-refractivity contribution in [3.8, 4) is 0 Å². The second-order valence-electron chi connectivity index (χ2n) is 2.74. The summed E-state index contributed by atoms with van der Waals surface area (Å²) in [6.07, 6.45) is 0. The Morgan fingerprint density at radius 2 is 2.31 bits per heavy atom. The molecule has 1 heterocycles. The number of nitrogens with one attached hydrogen (secondary N) is 1. The van der Waals surface area contributed by atoms with Gasteiger partial charge in [0.2, 0.25) is 5.13 Å². The Labute approximate surface area is 80.5 Å². The fourth-order valence-electron chi connectivity index (χ4n) is 1.07. The molecule has 1 aromatic heterocycles. The molecule has 1 aromatic carbocycles. The van der Waals surface area contributed by atoms with Crippen molar-refractivity contribution in [2.45, 2.75) is 6.92 Å². The van der Waals surface area contributed by atoms with E-state index in [0.717, 1.165) is 10.8 Å². The van der Waals surface area contributed by atoms with Crippen LogP contribution in [0.25, 0.3) is 0 Å². The Bertz CT molecular complexity index is 384. The third-order valence-corrected chi connectivity index (χ3v) is 2.24. The normalized spacial score (nSPS) is 9.92. The van der Waals surface area contributed by atoms with E-state index >= 15 is 0 Å². The van der Waals surface area contributed by atoms with E-state index in [0.29, 0.717) is 0 Å². The molecule has 0 fully saturated rings.